The molecule has 20 heavy (non-hydrogen) atoms. The number of hydrogen-bond donors (Lipinski definition) is 0. The number of nitrogens with zero attached hydrogens (tertiary/aromatic N) is 2. The Morgan fingerprint density at radius 2 is 2.15 bits per heavy atom. The van der Waals surface area contributed by atoms with Crippen LogP contribution < -0.4 is 0 Å². The number of rotatable bonds is 6. The van der Waals surface area contributed by atoms with Gasteiger partial charge in [0.15, 0.2) is 0 Å². The SMILES string of the molecule is CCOC(=O)CN(C(=O)c1cccn1C(C)C)C1CC1. The Hall–Kier alpha value is -1.78. The molecule has 110 valence electrons. The molecule has 0 N–H and O–H groups in total. The summed E-state index contributed by atoms with van der Waals surface area (Å²) in [7, 11) is 0. The lowest BCUT2D eigenvalue weighted by atomic mass is 10.3. The summed E-state index contributed by atoms with van der Waals surface area (Å²) in [5.74, 6) is -0.422. The molecule has 0 aliphatic heterocycles. The molecule has 0 radical (unpaired) electrons. The van der Waals surface area contributed by atoms with Crippen molar-refractivity contribution >= 4 is 11.9 Å². The van der Waals surface area contributed by atoms with Gasteiger partial charge in [-0.2, -0.15) is 0 Å². The summed E-state index contributed by atoms with van der Waals surface area (Å²) in [5, 5.41) is 0. The van der Waals surface area contributed by atoms with Crippen LogP contribution in [-0.4, -0.2) is 40.5 Å². The van der Waals surface area contributed by atoms with Gasteiger partial charge in [-0.25, -0.2) is 0 Å². The largest absolute Gasteiger partial charge is 0.465 e. The van der Waals surface area contributed by atoms with Gasteiger partial charge in [0.05, 0.1) is 6.61 Å². The molecule has 2 rings (SSSR count). The molecule has 5 nitrogen and oxygen atoms in total. The first-order valence-electron chi connectivity index (χ1n) is 7.18. The predicted octanol–water partition coefficient (Wildman–Crippen LogP) is 2.24. The van der Waals surface area contributed by atoms with Crippen LogP contribution in [0.2, 0.25) is 0 Å². The van der Waals surface area contributed by atoms with Crippen molar-refractivity contribution in [2.75, 3.05) is 13.2 Å². The first-order valence-corrected chi connectivity index (χ1v) is 7.18. The van der Waals surface area contributed by atoms with E-state index in [4.69, 9.17) is 4.74 Å². The number of aromatic nitrogens is 1. The Balaban J connectivity index is 2.14. The highest BCUT2D eigenvalue weighted by Crippen LogP contribution is 2.28. The molecule has 0 spiro atoms. The molecule has 1 saturated carbocycles. The highest BCUT2D eigenvalue weighted by atomic mass is 16.5. The van der Waals surface area contributed by atoms with Crippen LogP contribution in [-0.2, 0) is 9.53 Å². The van der Waals surface area contributed by atoms with E-state index in [1.54, 1.807) is 11.8 Å². The minimum atomic E-state index is -0.338. The van der Waals surface area contributed by atoms with Gasteiger partial charge in [-0.1, -0.05) is 0 Å². The molecular weight excluding hydrogens is 256 g/mol. The molecule has 5 heteroatoms. The van der Waals surface area contributed by atoms with Gasteiger partial charge in [0, 0.05) is 18.3 Å². The maximum Gasteiger partial charge on any atom is 0.325 e. The van der Waals surface area contributed by atoms with Crippen LogP contribution in [0.3, 0.4) is 0 Å². The summed E-state index contributed by atoms with van der Waals surface area (Å²) in [6.07, 6.45) is 3.83. The number of carbonyl (C=O) groups is 2. The summed E-state index contributed by atoms with van der Waals surface area (Å²) in [5.41, 5.74) is 0.635. The van der Waals surface area contributed by atoms with Crippen LogP contribution >= 0.6 is 0 Å². The maximum atomic E-state index is 12.6. The van der Waals surface area contributed by atoms with E-state index in [-0.39, 0.29) is 30.5 Å². The molecule has 1 aliphatic rings. The van der Waals surface area contributed by atoms with E-state index in [0.29, 0.717) is 12.3 Å². The molecule has 0 bridgehead atoms. The molecule has 0 unspecified atom stereocenters. The van der Waals surface area contributed by atoms with Gasteiger partial charge in [-0.15, -0.1) is 0 Å². The van der Waals surface area contributed by atoms with Crippen LogP contribution in [0.15, 0.2) is 18.3 Å². The Labute approximate surface area is 119 Å². The van der Waals surface area contributed by atoms with Gasteiger partial charge in [0.2, 0.25) is 0 Å². The third-order valence-electron chi connectivity index (χ3n) is 3.41. The van der Waals surface area contributed by atoms with Crippen LogP contribution in [0.5, 0.6) is 0 Å². The van der Waals surface area contributed by atoms with E-state index in [1.165, 1.54) is 0 Å². The fraction of sp³-hybridized carbons (Fsp3) is 0.600. The number of carbonyl (C=O) groups excluding carboxylic acids is 2. The first-order chi connectivity index (χ1) is 9.54. The summed E-state index contributed by atoms with van der Waals surface area (Å²) < 4.78 is 6.89. The van der Waals surface area contributed by atoms with Gasteiger partial charge in [-0.05, 0) is 45.7 Å². The lowest BCUT2D eigenvalue weighted by Crippen LogP contribution is -2.39. The first kappa shape index (κ1) is 14.6. The van der Waals surface area contributed by atoms with Gasteiger partial charge < -0.3 is 14.2 Å². The summed E-state index contributed by atoms with van der Waals surface area (Å²) in [6, 6.07) is 4.07. The van der Waals surface area contributed by atoms with E-state index in [0.717, 1.165) is 12.8 Å². The fourth-order valence-corrected chi connectivity index (χ4v) is 2.27. The minimum absolute atomic E-state index is 0.0423. The summed E-state index contributed by atoms with van der Waals surface area (Å²) >= 11 is 0. The fourth-order valence-electron chi connectivity index (χ4n) is 2.27. The number of ether oxygens (including phenoxy) is 1. The topological polar surface area (TPSA) is 51.5 Å². The molecule has 0 saturated heterocycles. The minimum Gasteiger partial charge on any atom is -0.465 e. The van der Waals surface area contributed by atoms with E-state index >= 15 is 0 Å². The standard InChI is InChI=1S/C15H22N2O3/c1-4-20-14(18)10-17(12-7-8-12)15(19)13-6-5-9-16(13)11(2)3/h5-6,9,11-12H,4,7-8,10H2,1-3H3. The van der Waals surface area contributed by atoms with Crippen molar-refractivity contribution in [2.24, 2.45) is 0 Å². The Bertz CT molecular complexity index is 489. The van der Waals surface area contributed by atoms with Crippen molar-refractivity contribution in [2.45, 2.75) is 45.7 Å². The monoisotopic (exact) mass is 278 g/mol. The third-order valence-corrected chi connectivity index (χ3v) is 3.41. The average Bonchev–Trinajstić information content (AvgIpc) is 3.11. The zero-order valence-corrected chi connectivity index (χ0v) is 12.3. The number of hydrogen-bond acceptors (Lipinski definition) is 3. The van der Waals surface area contributed by atoms with Crippen LogP contribution in [0.1, 0.15) is 50.1 Å². The smallest absolute Gasteiger partial charge is 0.325 e. The van der Waals surface area contributed by atoms with Crippen molar-refractivity contribution in [3.05, 3.63) is 24.0 Å². The van der Waals surface area contributed by atoms with Gasteiger partial charge in [0.25, 0.3) is 5.91 Å². The van der Waals surface area contributed by atoms with Crippen LogP contribution in [0.4, 0.5) is 0 Å². The van der Waals surface area contributed by atoms with Gasteiger partial charge in [0.1, 0.15) is 12.2 Å². The van der Waals surface area contributed by atoms with E-state index in [1.807, 2.05) is 36.7 Å². The van der Waals surface area contributed by atoms with E-state index in [9.17, 15) is 9.59 Å². The molecular formula is C15H22N2O3. The van der Waals surface area contributed by atoms with E-state index < -0.39 is 0 Å². The van der Waals surface area contributed by atoms with Crippen molar-refractivity contribution < 1.29 is 14.3 Å². The molecule has 0 atom stereocenters. The maximum absolute atomic E-state index is 12.6. The molecule has 1 amide bonds. The average molecular weight is 278 g/mol. The highest BCUT2D eigenvalue weighted by molar-refractivity contribution is 5.95. The van der Waals surface area contributed by atoms with Crippen molar-refractivity contribution in [3.63, 3.8) is 0 Å². The van der Waals surface area contributed by atoms with Crippen molar-refractivity contribution in [1.82, 2.24) is 9.47 Å². The number of esters is 1. The molecule has 1 aromatic rings. The Kier molecular flexibility index (Phi) is 4.47. The van der Waals surface area contributed by atoms with Crippen LogP contribution in [0.25, 0.3) is 0 Å². The lowest BCUT2D eigenvalue weighted by Gasteiger charge is -2.23. The summed E-state index contributed by atoms with van der Waals surface area (Å²) in [4.78, 5) is 26.0. The van der Waals surface area contributed by atoms with Gasteiger partial charge in [-0.3, -0.25) is 9.59 Å². The quantitative estimate of drug-likeness (QED) is 0.750. The lowest BCUT2D eigenvalue weighted by molar-refractivity contribution is -0.144. The summed E-state index contributed by atoms with van der Waals surface area (Å²) in [6.45, 7) is 6.22. The molecule has 1 aliphatic carbocycles. The zero-order valence-electron chi connectivity index (χ0n) is 12.3. The zero-order chi connectivity index (χ0) is 14.7. The second-order valence-electron chi connectivity index (χ2n) is 5.36. The second-order valence-corrected chi connectivity index (χ2v) is 5.36. The number of amides is 1. The predicted molar refractivity (Wildman–Crippen MR) is 75.5 cm³/mol. The Morgan fingerprint density at radius 3 is 2.70 bits per heavy atom. The van der Waals surface area contributed by atoms with Gasteiger partial charge >= 0.3 is 5.97 Å². The molecule has 1 fully saturated rings. The van der Waals surface area contributed by atoms with E-state index in [2.05, 4.69) is 0 Å². The molecule has 1 aromatic heterocycles. The third kappa shape index (κ3) is 3.21. The normalized spacial score (nSPS) is 14.4. The second kappa shape index (κ2) is 6.11. The van der Waals surface area contributed by atoms with Crippen molar-refractivity contribution in [3.8, 4) is 0 Å². The Morgan fingerprint density at radius 1 is 1.45 bits per heavy atom. The molecule has 1 heterocycles. The molecule has 0 aromatic carbocycles. The van der Waals surface area contributed by atoms with Crippen LogP contribution in [0, 0.1) is 0 Å². The van der Waals surface area contributed by atoms with Crippen molar-refractivity contribution in [1.29, 1.82) is 0 Å². The highest BCUT2D eigenvalue weighted by Gasteiger charge is 2.35.